The van der Waals surface area contributed by atoms with Crippen molar-refractivity contribution < 1.29 is 4.79 Å². The number of hydrogen-bond donors (Lipinski definition) is 1. The van der Waals surface area contributed by atoms with Gasteiger partial charge in [0.25, 0.3) is 0 Å². The number of aliphatic imine (C=N–C) groups is 1. The molecule has 2 saturated heterocycles. The van der Waals surface area contributed by atoms with E-state index in [1.54, 1.807) is 0 Å². The number of carbonyl (C=O) groups excluding carboxylic acids is 1. The minimum atomic E-state index is 0. The maximum atomic E-state index is 12.5. The summed E-state index contributed by atoms with van der Waals surface area (Å²) in [6, 6.07) is 0.396. The van der Waals surface area contributed by atoms with Gasteiger partial charge in [-0.2, -0.15) is 0 Å². The quantitative estimate of drug-likeness (QED) is 0.395. The number of piperidine rings is 2. The van der Waals surface area contributed by atoms with Gasteiger partial charge < -0.3 is 15.1 Å². The lowest BCUT2D eigenvalue weighted by atomic mass is 9.92. The number of likely N-dealkylation sites (tertiary alicyclic amines) is 2. The average molecular weight is 464 g/mol. The highest BCUT2D eigenvalue weighted by Gasteiger charge is 2.25. The summed E-state index contributed by atoms with van der Waals surface area (Å²) < 4.78 is 0. The van der Waals surface area contributed by atoms with E-state index in [1.807, 2.05) is 0 Å². The van der Waals surface area contributed by atoms with Crippen LogP contribution < -0.4 is 5.32 Å². The van der Waals surface area contributed by atoms with Crippen LogP contribution in [0.3, 0.4) is 0 Å². The molecule has 0 aromatic carbocycles. The number of halogens is 1. The molecule has 0 spiro atoms. The van der Waals surface area contributed by atoms with Crippen molar-refractivity contribution in [2.24, 2.45) is 16.8 Å². The first-order valence-electron chi connectivity index (χ1n) is 9.84. The Balaban J connectivity index is 0.00000312. The van der Waals surface area contributed by atoms with Crippen molar-refractivity contribution in [3.63, 3.8) is 0 Å². The highest BCUT2D eigenvalue weighted by atomic mass is 127. The zero-order chi connectivity index (χ0) is 17.5. The van der Waals surface area contributed by atoms with Crippen molar-refractivity contribution in [3.8, 4) is 0 Å². The van der Waals surface area contributed by atoms with Crippen LogP contribution in [-0.2, 0) is 4.79 Å². The number of amides is 1. The summed E-state index contributed by atoms with van der Waals surface area (Å²) in [6.07, 6.45) is 5.35. The average Bonchev–Trinajstić information content (AvgIpc) is 2.53. The largest absolute Gasteiger partial charge is 0.357 e. The number of carbonyl (C=O) groups is 1. The fraction of sp³-hybridized carbons (Fsp3) is 0.895. The Morgan fingerprint density at radius 1 is 1.16 bits per heavy atom. The highest BCUT2D eigenvalue weighted by molar-refractivity contribution is 14.0. The maximum absolute atomic E-state index is 12.5. The van der Waals surface area contributed by atoms with Crippen LogP contribution >= 0.6 is 24.0 Å². The molecular formula is C19H37IN4O. The molecule has 6 heteroatoms. The van der Waals surface area contributed by atoms with E-state index in [-0.39, 0.29) is 29.9 Å². The first kappa shape index (κ1) is 22.5. The smallest absolute Gasteiger partial charge is 0.224 e. The van der Waals surface area contributed by atoms with Crippen LogP contribution in [0.5, 0.6) is 0 Å². The number of hydrogen-bond acceptors (Lipinski definition) is 2. The molecule has 0 saturated carbocycles. The summed E-state index contributed by atoms with van der Waals surface area (Å²) in [7, 11) is 0. The Morgan fingerprint density at radius 3 is 2.44 bits per heavy atom. The zero-order valence-corrected chi connectivity index (χ0v) is 18.8. The number of nitrogens with one attached hydrogen (secondary N) is 1. The molecule has 3 unspecified atom stereocenters. The van der Waals surface area contributed by atoms with Gasteiger partial charge in [0, 0.05) is 38.6 Å². The third-order valence-corrected chi connectivity index (χ3v) is 5.21. The van der Waals surface area contributed by atoms with E-state index in [2.05, 4.69) is 42.8 Å². The Hall–Kier alpha value is -0.530. The van der Waals surface area contributed by atoms with Crippen molar-refractivity contribution >= 4 is 35.8 Å². The lowest BCUT2D eigenvalue weighted by Gasteiger charge is -2.37. The van der Waals surface area contributed by atoms with Crippen molar-refractivity contribution in [3.05, 3.63) is 0 Å². The molecule has 146 valence electrons. The Kier molecular flexibility index (Phi) is 10.1. The van der Waals surface area contributed by atoms with Crippen molar-refractivity contribution in [1.82, 2.24) is 15.1 Å². The van der Waals surface area contributed by atoms with Gasteiger partial charge in [-0.25, -0.2) is 0 Å². The van der Waals surface area contributed by atoms with E-state index in [4.69, 9.17) is 4.99 Å². The zero-order valence-electron chi connectivity index (χ0n) is 16.5. The fourth-order valence-electron chi connectivity index (χ4n) is 4.13. The van der Waals surface area contributed by atoms with Crippen LogP contribution in [-0.4, -0.2) is 60.4 Å². The summed E-state index contributed by atoms with van der Waals surface area (Å²) in [4.78, 5) is 21.6. The molecule has 2 aliphatic heterocycles. The third-order valence-electron chi connectivity index (χ3n) is 5.21. The SMILES string of the molecule is CCNC(=NCCC(=O)N1CCCCC1C)N1CC(C)CC(C)C1.I. The summed E-state index contributed by atoms with van der Waals surface area (Å²) in [5, 5.41) is 3.41. The molecule has 5 nitrogen and oxygen atoms in total. The van der Waals surface area contributed by atoms with Gasteiger partial charge in [-0.3, -0.25) is 9.79 Å². The van der Waals surface area contributed by atoms with Gasteiger partial charge in [0.1, 0.15) is 0 Å². The minimum absolute atomic E-state index is 0. The fourth-order valence-corrected chi connectivity index (χ4v) is 4.13. The molecule has 2 fully saturated rings. The molecule has 0 aromatic heterocycles. The summed E-state index contributed by atoms with van der Waals surface area (Å²) in [5.74, 6) is 2.65. The van der Waals surface area contributed by atoms with Crippen molar-refractivity contribution in [2.75, 3.05) is 32.7 Å². The van der Waals surface area contributed by atoms with E-state index in [1.165, 1.54) is 12.8 Å². The van der Waals surface area contributed by atoms with Crippen LogP contribution in [0.15, 0.2) is 4.99 Å². The predicted molar refractivity (Wildman–Crippen MR) is 116 cm³/mol. The van der Waals surface area contributed by atoms with E-state index in [9.17, 15) is 4.79 Å². The molecule has 1 N–H and O–H groups in total. The predicted octanol–water partition coefficient (Wildman–Crippen LogP) is 3.34. The molecule has 0 bridgehead atoms. The van der Waals surface area contributed by atoms with E-state index in [0.29, 0.717) is 30.8 Å². The Bertz CT molecular complexity index is 433. The van der Waals surface area contributed by atoms with Gasteiger partial charge in [-0.05, 0) is 51.4 Å². The standard InChI is InChI=1S/C19H36N4O.HI/c1-5-20-19(22-13-15(2)12-16(3)14-22)21-10-9-18(24)23-11-7-6-8-17(23)4;/h15-17H,5-14H2,1-4H3,(H,20,21);1H. The first-order valence-corrected chi connectivity index (χ1v) is 9.84. The van der Waals surface area contributed by atoms with E-state index >= 15 is 0 Å². The molecule has 0 aromatic rings. The molecule has 0 aliphatic carbocycles. The van der Waals surface area contributed by atoms with Crippen LogP contribution in [0.1, 0.15) is 59.8 Å². The van der Waals surface area contributed by atoms with E-state index < -0.39 is 0 Å². The number of rotatable bonds is 4. The van der Waals surface area contributed by atoms with Gasteiger partial charge in [0.15, 0.2) is 5.96 Å². The topological polar surface area (TPSA) is 47.9 Å². The van der Waals surface area contributed by atoms with Crippen LogP contribution in [0.2, 0.25) is 0 Å². The second-order valence-corrected chi connectivity index (χ2v) is 7.77. The third kappa shape index (κ3) is 6.94. The number of nitrogens with zero attached hydrogens (tertiary/aromatic N) is 3. The molecule has 2 heterocycles. The Morgan fingerprint density at radius 2 is 1.84 bits per heavy atom. The van der Waals surface area contributed by atoms with Crippen LogP contribution in [0.25, 0.3) is 0 Å². The highest BCUT2D eigenvalue weighted by Crippen LogP contribution is 2.21. The normalized spacial score (nSPS) is 27.7. The Labute approximate surface area is 171 Å². The van der Waals surface area contributed by atoms with Crippen molar-refractivity contribution in [1.29, 1.82) is 0 Å². The van der Waals surface area contributed by atoms with Crippen LogP contribution in [0.4, 0.5) is 0 Å². The molecule has 3 atom stereocenters. The molecule has 2 aliphatic rings. The monoisotopic (exact) mass is 464 g/mol. The van der Waals surface area contributed by atoms with Gasteiger partial charge in [0.2, 0.25) is 5.91 Å². The number of guanidine groups is 1. The van der Waals surface area contributed by atoms with E-state index in [0.717, 1.165) is 45.0 Å². The first-order chi connectivity index (χ1) is 11.5. The summed E-state index contributed by atoms with van der Waals surface area (Å²) in [5.41, 5.74) is 0. The molecule has 0 radical (unpaired) electrons. The van der Waals surface area contributed by atoms with Gasteiger partial charge in [0.05, 0.1) is 6.54 Å². The van der Waals surface area contributed by atoms with Gasteiger partial charge in [-0.15, -0.1) is 24.0 Å². The minimum Gasteiger partial charge on any atom is -0.357 e. The second-order valence-electron chi connectivity index (χ2n) is 7.77. The summed E-state index contributed by atoms with van der Waals surface area (Å²) >= 11 is 0. The second kappa shape index (κ2) is 11.2. The lowest BCUT2D eigenvalue weighted by Crippen LogP contribution is -2.48. The van der Waals surface area contributed by atoms with Gasteiger partial charge in [-0.1, -0.05) is 13.8 Å². The van der Waals surface area contributed by atoms with Crippen LogP contribution in [0, 0.1) is 11.8 Å². The lowest BCUT2D eigenvalue weighted by molar-refractivity contribution is -0.134. The molecule has 1 amide bonds. The molecule has 25 heavy (non-hydrogen) atoms. The van der Waals surface area contributed by atoms with Crippen molar-refractivity contribution in [2.45, 2.75) is 65.8 Å². The molecular weight excluding hydrogens is 427 g/mol. The maximum Gasteiger partial charge on any atom is 0.224 e. The molecule has 2 rings (SSSR count). The van der Waals surface area contributed by atoms with Gasteiger partial charge >= 0.3 is 0 Å². The summed E-state index contributed by atoms with van der Waals surface area (Å²) in [6.45, 7) is 13.4.